The summed E-state index contributed by atoms with van der Waals surface area (Å²) >= 11 is 0. The summed E-state index contributed by atoms with van der Waals surface area (Å²) < 4.78 is 4.82. The first-order chi connectivity index (χ1) is 13.6. The molecule has 0 rings (SSSR count). The fourth-order valence-corrected chi connectivity index (χ4v) is 3.11. The van der Waals surface area contributed by atoms with Crippen LogP contribution in [-0.2, 0) is 14.3 Å². The first-order valence-corrected chi connectivity index (χ1v) is 11.7. The molecule has 0 fully saturated rings. The van der Waals surface area contributed by atoms with Crippen molar-refractivity contribution < 1.29 is 19.4 Å². The zero-order valence-electron chi connectivity index (χ0n) is 18.4. The molecular weight excluding hydrogens is 352 g/mol. The minimum atomic E-state index is -0.378. The lowest BCUT2D eigenvalue weighted by molar-refractivity contribution is -0.159. The Bertz CT molecular complexity index is 403. The molecule has 1 atom stereocenters. The maximum atomic E-state index is 11.6. The lowest BCUT2D eigenvalue weighted by atomic mass is 10.1. The van der Waals surface area contributed by atoms with Gasteiger partial charge in [0.15, 0.2) is 0 Å². The van der Waals surface area contributed by atoms with E-state index in [1.807, 2.05) is 0 Å². The van der Waals surface area contributed by atoms with E-state index in [1.165, 1.54) is 19.3 Å². The fourth-order valence-electron chi connectivity index (χ4n) is 3.11. The predicted octanol–water partition coefficient (Wildman–Crippen LogP) is 6.64. The van der Waals surface area contributed by atoms with Gasteiger partial charge in [0.1, 0.15) is 0 Å². The van der Waals surface area contributed by atoms with Crippen molar-refractivity contribution in [2.45, 2.75) is 129 Å². The lowest BCUT2D eigenvalue weighted by Gasteiger charge is -2.07. The highest BCUT2D eigenvalue weighted by atomic mass is 16.6. The smallest absolute Gasteiger partial charge is 0.313 e. The highest BCUT2D eigenvalue weighted by Gasteiger charge is 2.09. The van der Waals surface area contributed by atoms with Crippen molar-refractivity contribution in [3.05, 3.63) is 12.2 Å². The Morgan fingerprint density at radius 3 is 1.96 bits per heavy atom. The van der Waals surface area contributed by atoms with Crippen LogP contribution in [0.25, 0.3) is 0 Å². The molecule has 0 aliphatic carbocycles. The monoisotopic (exact) mass is 396 g/mol. The Hall–Kier alpha value is -1.16. The summed E-state index contributed by atoms with van der Waals surface area (Å²) in [4.78, 5) is 23.0. The molecule has 0 heterocycles. The molecular formula is C24H44O4. The Morgan fingerprint density at radius 1 is 0.750 bits per heavy atom. The van der Waals surface area contributed by atoms with Gasteiger partial charge in [-0.3, -0.25) is 9.59 Å². The predicted molar refractivity (Wildman–Crippen MR) is 116 cm³/mol. The summed E-state index contributed by atoms with van der Waals surface area (Å²) in [6.07, 6.45) is 20.4. The molecule has 0 saturated heterocycles. The number of aliphatic hydroxyl groups excluding tert-OH is 1. The molecule has 164 valence electrons. The van der Waals surface area contributed by atoms with E-state index in [9.17, 15) is 14.7 Å². The van der Waals surface area contributed by atoms with Crippen molar-refractivity contribution in [2.75, 3.05) is 0 Å². The second-order valence-corrected chi connectivity index (χ2v) is 7.82. The molecule has 0 spiro atoms. The summed E-state index contributed by atoms with van der Waals surface area (Å²) in [7, 11) is 0. The standard InChI is InChI=1S/C24H44O4/c1-3-5-7-15-18-22(25)19-16-12-10-8-9-11-13-17-21-24(27)28-23(26)20-14-6-4-2/h12,16,22,25H,3-11,13-15,17-21H2,1-2H3/t22-/m1/s1. The Morgan fingerprint density at radius 2 is 1.29 bits per heavy atom. The van der Waals surface area contributed by atoms with Crippen molar-refractivity contribution in [3.63, 3.8) is 0 Å². The first-order valence-electron chi connectivity index (χ1n) is 11.7. The summed E-state index contributed by atoms with van der Waals surface area (Å²) in [6.45, 7) is 4.28. The maximum Gasteiger partial charge on any atom is 0.313 e. The normalized spacial score (nSPS) is 12.4. The van der Waals surface area contributed by atoms with Crippen LogP contribution in [0.1, 0.15) is 123 Å². The average Bonchev–Trinajstić information content (AvgIpc) is 2.67. The minimum Gasteiger partial charge on any atom is -0.393 e. The van der Waals surface area contributed by atoms with Crippen LogP contribution in [0.5, 0.6) is 0 Å². The van der Waals surface area contributed by atoms with Crippen LogP contribution in [0.3, 0.4) is 0 Å². The Kier molecular flexibility index (Phi) is 19.7. The van der Waals surface area contributed by atoms with Crippen molar-refractivity contribution in [2.24, 2.45) is 0 Å². The number of hydrogen-bond acceptors (Lipinski definition) is 4. The van der Waals surface area contributed by atoms with Gasteiger partial charge in [-0.2, -0.15) is 0 Å². The lowest BCUT2D eigenvalue weighted by Crippen LogP contribution is -2.11. The van der Waals surface area contributed by atoms with E-state index in [-0.39, 0.29) is 18.0 Å². The van der Waals surface area contributed by atoms with E-state index in [0.717, 1.165) is 77.0 Å². The molecule has 0 aromatic carbocycles. The van der Waals surface area contributed by atoms with Crippen LogP contribution in [-0.4, -0.2) is 23.1 Å². The van der Waals surface area contributed by atoms with E-state index < -0.39 is 0 Å². The summed E-state index contributed by atoms with van der Waals surface area (Å²) in [6, 6.07) is 0. The number of aliphatic hydroxyl groups is 1. The van der Waals surface area contributed by atoms with E-state index in [0.29, 0.717) is 12.8 Å². The second kappa shape index (κ2) is 20.6. The molecule has 0 saturated carbocycles. The molecule has 0 aromatic heterocycles. The topological polar surface area (TPSA) is 63.6 Å². The highest BCUT2D eigenvalue weighted by molar-refractivity contribution is 5.85. The fraction of sp³-hybridized carbons (Fsp3) is 0.833. The Labute approximate surface area is 173 Å². The number of ether oxygens (including phenoxy) is 1. The number of esters is 2. The van der Waals surface area contributed by atoms with Gasteiger partial charge in [-0.05, 0) is 38.5 Å². The zero-order chi connectivity index (χ0) is 20.9. The van der Waals surface area contributed by atoms with Crippen LogP contribution >= 0.6 is 0 Å². The third kappa shape index (κ3) is 19.6. The third-order valence-electron chi connectivity index (χ3n) is 4.93. The maximum absolute atomic E-state index is 11.6. The van der Waals surface area contributed by atoms with Gasteiger partial charge >= 0.3 is 11.9 Å². The highest BCUT2D eigenvalue weighted by Crippen LogP contribution is 2.11. The molecule has 0 aliphatic heterocycles. The molecule has 0 radical (unpaired) electrons. The molecule has 0 bridgehead atoms. The van der Waals surface area contributed by atoms with E-state index in [1.54, 1.807) is 0 Å². The minimum absolute atomic E-state index is 0.189. The molecule has 0 aliphatic rings. The van der Waals surface area contributed by atoms with Gasteiger partial charge in [0, 0.05) is 12.8 Å². The van der Waals surface area contributed by atoms with Crippen LogP contribution < -0.4 is 0 Å². The van der Waals surface area contributed by atoms with E-state index in [2.05, 4.69) is 26.0 Å². The van der Waals surface area contributed by atoms with Crippen LogP contribution in [0.2, 0.25) is 0 Å². The molecule has 4 nitrogen and oxygen atoms in total. The van der Waals surface area contributed by atoms with Crippen LogP contribution in [0, 0.1) is 0 Å². The number of carbonyl (C=O) groups is 2. The largest absolute Gasteiger partial charge is 0.393 e. The third-order valence-corrected chi connectivity index (χ3v) is 4.93. The molecule has 28 heavy (non-hydrogen) atoms. The molecule has 1 N–H and O–H groups in total. The van der Waals surface area contributed by atoms with E-state index >= 15 is 0 Å². The summed E-state index contributed by atoms with van der Waals surface area (Å²) in [5.74, 6) is -0.756. The van der Waals surface area contributed by atoms with Crippen LogP contribution in [0.15, 0.2) is 12.2 Å². The molecule has 4 heteroatoms. The zero-order valence-corrected chi connectivity index (χ0v) is 18.4. The number of unbranched alkanes of at least 4 members (excludes halogenated alkanes) is 10. The number of rotatable bonds is 19. The van der Waals surface area contributed by atoms with Gasteiger partial charge < -0.3 is 9.84 Å². The van der Waals surface area contributed by atoms with Crippen molar-refractivity contribution >= 4 is 11.9 Å². The summed E-state index contributed by atoms with van der Waals surface area (Å²) in [5, 5.41) is 9.89. The van der Waals surface area contributed by atoms with E-state index in [4.69, 9.17) is 4.74 Å². The summed E-state index contributed by atoms with van der Waals surface area (Å²) in [5.41, 5.74) is 0. The quantitative estimate of drug-likeness (QED) is 0.115. The average molecular weight is 397 g/mol. The molecule has 0 unspecified atom stereocenters. The van der Waals surface area contributed by atoms with Crippen molar-refractivity contribution in [1.29, 1.82) is 0 Å². The van der Waals surface area contributed by atoms with Gasteiger partial charge in [-0.25, -0.2) is 0 Å². The van der Waals surface area contributed by atoms with Crippen molar-refractivity contribution in [1.82, 2.24) is 0 Å². The number of carbonyl (C=O) groups excluding carboxylic acids is 2. The number of hydrogen-bond donors (Lipinski definition) is 1. The SMILES string of the molecule is CCCCCC[C@@H](O)CC=CCCCCCCCC(=O)OC(=O)CCCCC. The van der Waals surface area contributed by atoms with Crippen molar-refractivity contribution in [3.8, 4) is 0 Å². The van der Waals surface area contributed by atoms with Gasteiger partial charge in [0.25, 0.3) is 0 Å². The van der Waals surface area contributed by atoms with Crippen LogP contribution in [0.4, 0.5) is 0 Å². The van der Waals surface area contributed by atoms with Gasteiger partial charge in [-0.1, -0.05) is 83.8 Å². The van der Waals surface area contributed by atoms with Gasteiger partial charge in [-0.15, -0.1) is 0 Å². The van der Waals surface area contributed by atoms with Gasteiger partial charge in [0.2, 0.25) is 0 Å². The van der Waals surface area contributed by atoms with Gasteiger partial charge in [0.05, 0.1) is 6.10 Å². The second-order valence-electron chi connectivity index (χ2n) is 7.82. The number of allylic oxidation sites excluding steroid dienone is 1. The molecule has 0 aromatic rings. The Balaban J connectivity index is 3.42. The molecule has 0 amide bonds. The first kappa shape index (κ1) is 26.8.